The smallest absolute Gasteiger partial charge is 0.343 e. The molecular weight excluding hydrogens is 417 g/mol. The van der Waals surface area contributed by atoms with Crippen molar-refractivity contribution in [1.82, 2.24) is 4.31 Å². The zero-order valence-electron chi connectivity index (χ0n) is 15.9. The Morgan fingerprint density at radius 2 is 1.86 bits per heavy atom. The van der Waals surface area contributed by atoms with Gasteiger partial charge in [-0.3, -0.25) is 0 Å². The molecular formula is C21H21ClFNO4S. The molecule has 0 spiro atoms. The molecule has 1 aliphatic heterocycles. The van der Waals surface area contributed by atoms with Crippen LogP contribution in [-0.2, 0) is 19.6 Å². The van der Waals surface area contributed by atoms with Gasteiger partial charge in [0.05, 0.1) is 12.0 Å². The maximum atomic E-state index is 14.7. The van der Waals surface area contributed by atoms with E-state index in [-0.39, 0.29) is 30.8 Å². The highest BCUT2D eigenvalue weighted by atomic mass is 35.5. The number of piperidine rings is 1. The number of nitrogens with zero attached hydrogens (tertiary/aromatic N) is 1. The van der Waals surface area contributed by atoms with Gasteiger partial charge in [-0.25, -0.2) is 17.6 Å². The normalized spacial score (nSPS) is 16.9. The molecule has 1 aliphatic rings. The number of sulfonamides is 1. The Morgan fingerprint density at radius 3 is 2.45 bits per heavy atom. The lowest BCUT2D eigenvalue weighted by molar-refractivity contribution is -0.157. The Kier molecular flexibility index (Phi) is 6.12. The summed E-state index contributed by atoms with van der Waals surface area (Å²) in [7, 11) is -2.83. The third kappa shape index (κ3) is 4.08. The third-order valence-electron chi connectivity index (χ3n) is 5.09. The summed E-state index contributed by atoms with van der Waals surface area (Å²) in [6, 6.07) is 11.8. The first-order valence-electron chi connectivity index (χ1n) is 9.02. The molecule has 0 saturated carbocycles. The summed E-state index contributed by atoms with van der Waals surface area (Å²) in [6.45, 7) is 3.48. The molecule has 29 heavy (non-hydrogen) atoms. The van der Waals surface area contributed by atoms with Crippen LogP contribution in [0.15, 0.2) is 53.9 Å². The summed E-state index contributed by atoms with van der Waals surface area (Å²) in [6.07, 6.45) is 1.10. The van der Waals surface area contributed by atoms with Crippen LogP contribution < -0.4 is 0 Å². The SMILES string of the molecule is C=Cc1ccc(S(=O)(=O)N2CCC(F)(C(=O)OC)CC2)c(-c2ccccc2Cl)c1. The van der Waals surface area contributed by atoms with E-state index in [2.05, 4.69) is 11.3 Å². The predicted molar refractivity (Wildman–Crippen MR) is 111 cm³/mol. The highest BCUT2D eigenvalue weighted by Gasteiger charge is 2.45. The number of methoxy groups -OCH3 is 1. The number of carbonyl (C=O) groups excluding carboxylic acids is 1. The van der Waals surface area contributed by atoms with Crippen molar-refractivity contribution in [3.05, 3.63) is 59.6 Å². The van der Waals surface area contributed by atoms with Crippen LogP contribution in [-0.4, -0.2) is 44.6 Å². The van der Waals surface area contributed by atoms with Gasteiger partial charge in [0, 0.05) is 42.1 Å². The quantitative estimate of drug-likeness (QED) is 0.653. The fraction of sp³-hybridized carbons (Fsp3) is 0.286. The molecule has 1 heterocycles. The van der Waals surface area contributed by atoms with Crippen LogP contribution in [0.5, 0.6) is 0 Å². The van der Waals surface area contributed by atoms with Crippen molar-refractivity contribution in [3.63, 3.8) is 0 Å². The molecule has 0 atom stereocenters. The molecule has 0 amide bonds. The van der Waals surface area contributed by atoms with Crippen molar-refractivity contribution < 1.29 is 22.3 Å². The molecule has 0 bridgehead atoms. The van der Waals surface area contributed by atoms with E-state index >= 15 is 0 Å². The number of rotatable bonds is 5. The highest BCUT2D eigenvalue weighted by molar-refractivity contribution is 7.89. The zero-order chi connectivity index (χ0) is 21.2. The summed E-state index contributed by atoms with van der Waals surface area (Å²) in [5.41, 5.74) is -0.411. The van der Waals surface area contributed by atoms with Crippen molar-refractivity contribution in [1.29, 1.82) is 0 Å². The Bertz CT molecular complexity index is 1050. The number of hydrogen-bond acceptors (Lipinski definition) is 4. The maximum Gasteiger partial charge on any atom is 0.343 e. The number of esters is 1. The summed E-state index contributed by atoms with van der Waals surface area (Å²) >= 11 is 6.32. The van der Waals surface area contributed by atoms with Gasteiger partial charge < -0.3 is 4.74 Å². The van der Waals surface area contributed by atoms with Crippen molar-refractivity contribution in [2.24, 2.45) is 0 Å². The first-order chi connectivity index (χ1) is 13.7. The van der Waals surface area contributed by atoms with Crippen LogP contribution in [0.3, 0.4) is 0 Å². The number of hydrogen-bond donors (Lipinski definition) is 0. The van der Waals surface area contributed by atoms with E-state index in [9.17, 15) is 17.6 Å². The molecule has 5 nitrogen and oxygen atoms in total. The lowest BCUT2D eigenvalue weighted by atomic mass is 9.95. The van der Waals surface area contributed by atoms with Crippen molar-refractivity contribution >= 4 is 33.7 Å². The molecule has 0 aromatic heterocycles. The second-order valence-electron chi connectivity index (χ2n) is 6.80. The number of benzene rings is 2. The monoisotopic (exact) mass is 437 g/mol. The Hall–Kier alpha value is -2.22. The Labute approximate surface area is 174 Å². The highest BCUT2D eigenvalue weighted by Crippen LogP contribution is 2.37. The van der Waals surface area contributed by atoms with Crippen LogP contribution in [0.25, 0.3) is 17.2 Å². The van der Waals surface area contributed by atoms with E-state index in [1.54, 1.807) is 42.5 Å². The first kappa shape index (κ1) is 21.5. The molecule has 2 aromatic rings. The predicted octanol–water partition coefficient (Wildman–Crippen LogP) is 4.32. The number of ether oxygens (including phenoxy) is 1. The van der Waals surface area contributed by atoms with Crippen molar-refractivity contribution in [2.45, 2.75) is 23.4 Å². The van der Waals surface area contributed by atoms with Crippen LogP contribution in [0.4, 0.5) is 4.39 Å². The molecule has 0 aliphatic carbocycles. The van der Waals surface area contributed by atoms with Gasteiger partial charge in [-0.15, -0.1) is 0 Å². The molecule has 8 heteroatoms. The first-order valence-corrected chi connectivity index (χ1v) is 10.8. The fourth-order valence-corrected chi connectivity index (χ4v) is 5.26. The fourth-order valence-electron chi connectivity index (χ4n) is 3.40. The van der Waals surface area contributed by atoms with Crippen molar-refractivity contribution in [3.8, 4) is 11.1 Å². The van der Waals surface area contributed by atoms with Crippen LogP contribution in [0.2, 0.25) is 5.02 Å². The lowest BCUT2D eigenvalue weighted by Gasteiger charge is -2.34. The van der Waals surface area contributed by atoms with E-state index < -0.39 is 21.7 Å². The summed E-state index contributed by atoms with van der Waals surface area (Å²) in [5.74, 6) is -0.971. The summed E-state index contributed by atoms with van der Waals surface area (Å²) in [4.78, 5) is 11.7. The third-order valence-corrected chi connectivity index (χ3v) is 7.37. The standard InChI is InChI=1S/C21H21ClFNO4S/c1-3-15-8-9-19(17(14-15)16-6-4-5-7-18(16)22)29(26,27)24-12-10-21(23,11-13-24)20(25)28-2/h3-9,14H,1,10-13H2,2H3. The molecule has 0 radical (unpaired) electrons. The average Bonchev–Trinajstić information content (AvgIpc) is 2.73. The van der Waals surface area contributed by atoms with Gasteiger partial charge in [0.15, 0.2) is 0 Å². The van der Waals surface area contributed by atoms with E-state index in [4.69, 9.17) is 11.6 Å². The van der Waals surface area contributed by atoms with Gasteiger partial charge in [-0.1, -0.05) is 48.5 Å². The van der Waals surface area contributed by atoms with Gasteiger partial charge in [0.1, 0.15) is 0 Å². The largest absolute Gasteiger partial charge is 0.467 e. The van der Waals surface area contributed by atoms with Gasteiger partial charge >= 0.3 is 5.97 Å². The number of halogens is 2. The number of alkyl halides is 1. The van der Waals surface area contributed by atoms with E-state index in [1.165, 1.54) is 10.4 Å². The van der Waals surface area contributed by atoms with E-state index in [0.29, 0.717) is 16.1 Å². The summed E-state index contributed by atoms with van der Waals surface area (Å²) < 4.78 is 47.1. The van der Waals surface area contributed by atoms with Gasteiger partial charge in [0.2, 0.25) is 15.7 Å². The molecule has 154 valence electrons. The molecule has 1 fully saturated rings. The van der Waals surface area contributed by atoms with E-state index in [1.807, 2.05) is 0 Å². The molecule has 2 aromatic carbocycles. The lowest BCUT2D eigenvalue weighted by Crippen LogP contribution is -2.48. The van der Waals surface area contributed by atoms with E-state index in [0.717, 1.165) is 12.7 Å². The minimum Gasteiger partial charge on any atom is -0.467 e. The molecule has 3 rings (SSSR count). The average molecular weight is 438 g/mol. The summed E-state index contributed by atoms with van der Waals surface area (Å²) in [5, 5.41) is 0.414. The second-order valence-corrected chi connectivity index (χ2v) is 9.11. The van der Waals surface area contributed by atoms with Crippen LogP contribution in [0.1, 0.15) is 18.4 Å². The van der Waals surface area contributed by atoms with Crippen molar-refractivity contribution in [2.75, 3.05) is 20.2 Å². The minimum atomic E-state index is -3.94. The topological polar surface area (TPSA) is 63.7 Å². The molecule has 0 unspecified atom stereocenters. The Balaban J connectivity index is 2.01. The second kappa shape index (κ2) is 8.26. The molecule has 1 saturated heterocycles. The van der Waals surface area contributed by atoms with Gasteiger partial charge in [0.25, 0.3) is 0 Å². The Morgan fingerprint density at radius 1 is 1.21 bits per heavy atom. The van der Waals surface area contributed by atoms with Gasteiger partial charge in [-0.2, -0.15) is 4.31 Å². The number of carbonyl (C=O) groups is 1. The van der Waals surface area contributed by atoms with Crippen LogP contribution in [0, 0.1) is 0 Å². The van der Waals surface area contributed by atoms with Crippen LogP contribution >= 0.6 is 11.6 Å². The zero-order valence-corrected chi connectivity index (χ0v) is 17.5. The van der Waals surface area contributed by atoms with Gasteiger partial charge in [-0.05, 0) is 23.8 Å². The maximum absolute atomic E-state index is 14.7. The minimum absolute atomic E-state index is 0.0700. The molecule has 0 N–H and O–H groups in total.